The predicted octanol–water partition coefficient (Wildman–Crippen LogP) is 4.79. The first-order valence-electron chi connectivity index (χ1n) is 10.9. The summed E-state index contributed by atoms with van der Waals surface area (Å²) >= 11 is 0. The molecule has 0 aliphatic carbocycles. The third-order valence-corrected chi connectivity index (χ3v) is 5.67. The molecule has 0 bridgehead atoms. The highest BCUT2D eigenvalue weighted by atomic mass is 16.5. The molecule has 1 aliphatic heterocycles. The Bertz CT molecular complexity index is 1130. The largest absolute Gasteiger partial charge is 0.462 e. The number of hydrogen-bond acceptors (Lipinski definition) is 4. The van der Waals surface area contributed by atoms with E-state index in [1.807, 2.05) is 49.4 Å². The van der Waals surface area contributed by atoms with E-state index in [1.165, 1.54) is 0 Å². The number of nitrogens with zero attached hydrogens (tertiary/aromatic N) is 1. The Morgan fingerprint density at radius 2 is 1.78 bits per heavy atom. The second-order valence-corrected chi connectivity index (χ2v) is 7.96. The predicted molar refractivity (Wildman–Crippen MR) is 125 cm³/mol. The van der Waals surface area contributed by atoms with Crippen LogP contribution in [0.4, 0.5) is 11.4 Å². The van der Waals surface area contributed by atoms with Crippen LogP contribution >= 0.6 is 0 Å². The summed E-state index contributed by atoms with van der Waals surface area (Å²) in [4.78, 5) is 39.2. The maximum atomic E-state index is 12.8. The number of hydrogen-bond donors (Lipinski definition) is 1. The van der Waals surface area contributed by atoms with Crippen LogP contribution in [0.1, 0.15) is 36.5 Å². The molecule has 0 spiro atoms. The zero-order valence-electron chi connectivity index (χ0n) is 18.0. The van der Waals surface area contributed by atoms with Crippen LogP contribution in [0.2, 0.25) is 0 Å². The van der Waals surface area contributed by atoms with Crippen molar-refractivity contribution in [1.29, 1.82) is 0 Å². The fraction of sp³-hybridized carbons (Fsp3) is 0.269. The second kappa shape index (κ2) is 9.64. The minimum Gasteiger partial charge on any atom is -0.462 e. The Morgan fingerprint density at radius 1 is 1.03 bits per heavy atom. The Hall–Kier alpha value is -3.67. The summed E-state index contributed by atoms with van der Waals surface area (Å²) in [6.07, 6.45) is 1.95. The fourth-order valence-electron chi connectivity index (χ4n) is 3.89. The van der Waals surface area contributed by atoms with E-state index in [-0.39, 0.29) is 24.2 Å². The van der Waals surface area contributed by atoms with Crippen molar-refractivity contribution in [3.63, 3.8) is 0 Å². The van der Waals surface area contributed by atoms with Gasteiger partial charge >= 0.3 is 5.97 Å². The molecule has 6 nitrogen and oxygen atoms in total. The Kier molecular flexibility index (Phi) is 6.50. The molecule has 0 aromatic heterocycles. The van der Waals surface area contributed by atoms with Crippen LogP contribution in [0, 0.1) is 5.92 Å². The van der Waals surface area contributed by atoms with Crippen LogP contribution in [0.5, 0.6) is 0 Å². The fourth-order valence-corrected chi connectivity index (χ4v) is 3.89. The molecule has 3 aromatic rings. The minimum absolute atomic E-state index is 0.0633. The molecule has 0 unspecified atom stereocenters. The van der Waals surface area contributed by atoms with Gasteiger partial charge in [0, 0.05) is 24.0 Å². The lowest BCUT2D eigenvalue weighted by Crippen LogP contribution is -2.28. The number of ether oxygens (including phenoxy) is 1. The minimum atomic E-state index is -0.444. The summed E-state index contributed by atoms with van der Waals surface area (Å²) in [5, 5.41) is 4.91. The van der Waals surface area contributed by atoms with E-state index in [1.54, 1.807) is 29.2 Å². The third kappa shape index (κ3) is 4.64. The van der Waals surface area contributed by atoms with E-state index in [2.05, 4.69) is 5.32 Å². The van der Waals surface area contributed by atoms with Crippen molar-refractivity contribution in [3.8, 4) is 0 Å². The van der Waals surface area contributed by atoms with Crippen LogP contribution < -0.4 is 10.2 Å². The van der Waals surface area contributed by atoms with E-state index < -0.39 is 5.92 Å². The molecule has 0 saturated carbocycles. The van der Waals surface area contributed by atoms with Gasteiger partial charge in [-0.2, -0.15) is 0 Å². The second-order valence-electron chi connectivity index (χ2n) is 7.96. The van der Waals surface area contributed by atoms with Crippen molar-refractivity contribution in [2.24, 2.45) is 5.92 Å². The van der Waals surface area contributed by atoms with E-state index in [0.717, 1.165) is 29.3 Å². The number of carbonyl (C=O) groups is 3. The van der Waals surface area contributed by atoms with E-state index >= 15 is 0 Å². The standard InChI is InChI=1S/C26H26N2O4/c1-2-3-15-32-26(31)19-11-13-21(14-12-19)27-25(30)20-16-24(29)28(17-20)23-10-6-8-18-7-4-5-9-22(18)23/h4-14,20H,2-3,15-17H2,1H3,(H,27,30)/t20-/m0/s1. The van der Waals surface area contributed by atoms with Crippen LogP contribution in [0.3, 0.4) is 0 Å². The van der Waals surface area contributed by atoms with Gasteiger partial charge in [-0.05, 0) is 42.1 Å². The van der Waals surface area contributed by atoms with E-state index in [9.17, 15) is 14.4 Å². The molecule has 1 saturated heterocycles. The topological polar surface area (TPSA) is 75.7 Å². The number of amides is 2. The molecule has 0 radical (unpaired) electrons. The average molecular weight is 431 g/mol. The molecule has 1 N–H and O–H groups in total. The number of carbonyl (C=O) groups excluding carboxylic acids is 3. The van der Waals surface area contributed by atoms with Crippen LogP contribution in [0.15, 0.2) is 66.7 Å². The Labute approximate surface area is 187 Å². The molecule has 1 heterocycles. The van der Waals surface area contributed by atoms with Gasteiger partial charge in [-0.3, -0.25) is 9.59 Å². The highest BCUT2D eigenvalue weighted by molar-refractivity contribution is 6.08. The molecule has 4 rings (SSSR count). The van der Waals surface area contributed by atoms with Gasteiger partial charge < -0.3 is 15.0 Å². The van der Waals surface area contributed by atoms with Crippen molar-refractivity contribution in [1.82, 2.24) is 0 Å². The SMILES string of the molecule is CCCCOC(=O)c1ccc(NC(=O)[C@H]2CC(=O)N(c3cccc4ccccc34)C2)cc1. The third-order valence-electron chi connectivity index (χ3n) is 5.67. The van der Waals surface area contributed by atoms with Crippen molar-refractivity contribution in [2.75, 3.05) is 23.4 Å². The van der Waals surface area contributed by atoms with E-state index in [0.29, 0.717) is 24.4 Å². The number of fused-ring (bicyclic) bond motifs is 1. The van der Waals surface area contributed by atoms with Gasteiger partial charge in [0.25, 0.3) is 0 Å². The summed E-state index contributed by atoms with van der Waals surface area (Å²) in [7, 11) is 0. The quantitative estimate of drug-likeness (QED) is 0.432. The first-order valence-corrected chi connectivity index (χ1v) is 10.9. The Balaban J connectivity index is 1.40. The van der Waals surface area contributed by atoms with Gasteiger partial charge in [0.05, 0.1) is 23.8 Å². The summed E-state index contributed by atoms with van der Waals surface area (Å²) < 4.78 is 5.20. The first kappa shape index (κ1) is 21.6. The average Bonchev–Trinajstić information content (AvgIpc) is 3.21. The molecule has 1 aliphatic rings. The number of nitrogens with one attached hydrogen (secondary N) is 1. The number of esters is 1. The van der Waals surface area contributed by atoms with Crippen LogP contribution in [-0.2, 0) is 14.3 Å². The van der Waals surface area contributed by atoms with Crippen LogP contribution in [-0.4, -0.2) is 30.9 Å². The monoisotopic (exact) mass is 430 g/mol. The molecular weight excluding hydrogens is 404 g/mol. The lowest BCUT2D eigenvalue weighted by molar-refractivity contribution is -0.122. The maximum absolute atomic E-state index is 12.8. The highest BCUT2D eigenvalue weighted by Gasteiger charge is 2.35. The summed E-state index contributed by atoms with van der Waals surface area (Å²) in [5.74, 6) is -1.09. The zero-order valence-corrected chi connectivity index (χ0v) is 18.0. The maximum Gasteiger partial charge on any atom is 0.338 e. The van der Waals surface area contributed by atoms with Gasteiger partial charge in [-0.1, -0.05) is 49.7 Å². The summed E-state index contributed by atoms with van der Waals surface area (Å²) in [6.45, 7) is 2.77. The Morgan fingerprint density at radius 3 is 2.56 bits per heavy atom. The molecule has 1 atom stereocenters. The number of unbranched alkanes of at least 4 members (excludes halogenated alkanes) is 1. The molecular formula is C26H26N2O4. The molecule has 2 amide bonds. The highest BCUT2D eigenvalue weighted by Crippen LogP contribution is 2.32. The van der Waals surface area contributed by atoms with E-state index in [4.69, 9.17) is 4.74 Å². The molecule has 32 heavy (non-hydrogen) atoms. The zero-order chi connectivity index (χ0) is 22.5. The number of anilines is 2. The van der Waals surface area contributed by atoms with Gasteiger partial charge in [0.2, 0.25) is 11.8 Å². The summed E-state index contributed by atoms with van der Waals surface area (Å²) in [6, 6.07) is 20.4. The van der Waals surface area contributed by atoms with Gasteiger partial charge in [0.15, 0.2) is 0 Å². The van der Waals surface area contributed by atoms with Crippen molar-refractivity contribution >= 4 is 39.9 Å². The van der Waals surface area contributed by atoms with Crippen molar-refractivity contribution < 1.29 is 19.1 Å². The normalized spacial score (nSPS) is 15.7. The number of benzene rings is 3. The van der Waals surface area contributed by atoms with Gasteiger partial charge in [-0.15, -0.1) is 0 Å². The van der Waals surface area contributed by atoms with Crippen LogP contribution in [0.25, 0.3) is 10.8 Å². The van der Waals surface area contributed by atoms with Crippen molar-refractivity contribution in [2.45, 2.75) is 26.2 Å². The lowest BCUT2D eigenvalue weighted by Gasteiger charge is -2.19. The van der Waals surface area contributed by atoms with Crippen molar-refractivity contribution in [3.05, 3.63) is 72.3 Å². The van der Waals surface area contributed by atoms with Gasteiger partial charge in [-0.25, -0.2) is 4.79 Å². The number of rotatable bonds is 7. The lowest BCUT2D eigenvalue weighted by atomic mass is 10.1. The molecule has 3 aromatic carbocycles. The first-order chi connectivity index (χ1) is 15.6. The van der Waals surface area contributed by atoms with Gasteiger partial charge in [0.1, 0.15) is 0 Å². The molecule has 164 valence electrons. The smallest absolute Gasteiger partial charge is 0.338 e. The molecule has 6 heteroatoms. The molecule has 1 fully saturated rings. The summed E-state index contributed by atoms with van der Waals surface area (Å²) in [5.41, 5.74) is 1.85.